The van der Waals surface area contributed by atoms with Gasteiger partial charge in [0.05, 0.1) is 12.2 Å². The number of fused-ring (bicyclic) bond motifs is 3. The first-order chi connectivity index (χ1) is 32.3. The predicted molar refractivity (Wildman–Crippen MR) is 269 cm³/mol. The van der Waals surface area contributed by atoms with Gasteiger partial charge in [-0.25, -0.2) is 0 Å². The summed E-state index contributed by atoms with van der Waals surface area (Å²) in [6.07, 6.45) is 16.6. The average molecular weight is 884 g/mol. The maximum absolute atomic E-state index is 6.88. The van der Waals surface area contributed by atoms with Crippen molar-refractivity contribution in [1.82, 2.24) is 10.2 Å². The van der Waals surface area contributed by atoms with Crippen LogP contribution < -0.4 is 24.1 Å². The summed E-state index contributed by atoms with van der Waals surface area (Å²) in [6, 6.07) is 45.9. The SMILES string of the molecule is CN1C(=CC=C(c2n[n+](-c3ccccc3)c(/C=C/C=C3\N(C)c4ccccc4C3(C)C)o2)c2n[n+](-c3ccccc3)c(/C=C/C=C3/N(C)c4ccccc4C3(C)C)o2)C(C)(C)c2ccccc21. The van der Waals surface area contributed by atoms with Crippen LogP contribution >= 0.6 is 0 Å². The molecule has 0 atom stereocenters. The van der Waals surface area contributed by atoms with Crippen molar-refractivity contribution < 1.29 is 18.2 Å². The monoisotopic (exact) mass is 883 g/mol. The normalized spacial score (nSPS) is 18.9. The molecule has 3 aliphatic heterocycles. The molecule has 0 bridgehead atoms. The molecule has 334 valence electrons. The molecule has 67 heavy (non-hydrogen) atoms. The van der Waals surface area contributed by atoms with E-state index in [-0.39, 0.29) is 16.2 Å². The summed E-state index contributed by atoms with van der Waals surface area (Å²) < 4.78 is 17.4. The lowest BCUT2D eigenvalue weighted by atomic mass is 9.83. The van der Waals surface area contributed by atoms with Crippen LogP contribution in [-0.2, 0) is 16.2 Å². The molecule has 7 aromatic rings. The van der Waals surface area contributed by atoms with Crippen LogP contribution in [0.3, 0.4) is 0 Å². The maximum atomic E-state index is 6.88. The van der Waals surface area contributed by atoms with Crippen molar-refractivity contribution in [3.05, 3.63) is 227 Å². The Labute approximate surface area is 393 Å². The molecule has 10 rings (SSSR count). The summed E-state index contributed by atoms with van der Waals surface area (Å²) in [5.74, 6) is 1.77. The van der Waals surface area contributed by atoms with Gasteiger partial charge in [-0.2, -0.15) is 0 Å². The molecule has 0 N–H and O–H groups in total. The molecule has 3 aliphatic rings. The van der Waals surface area contributed by atoms with Gasteiger partial charge in [-0.05, 0) is 68.6 Å². The summed E-state index contributed by atoms with van der Waals surface area (Å²) in [6.45, 7) is 13.6. The van der Waals surface area contributed by atoms with Gasteiger partial charge in [-0.3, -0.25) is 0 Å². The summed E-state index contributed by atoms with van der Waals surface area (Å²) in [7, 11) is 6.37. The molecule has 5 heterocycles. The molecule has 5 aromatic carbocycles. The van der Waals surface area contributed by atoms with Crippen LogP contribution in [0.5, 0.6) is 0 Å². The number of anilines is 3. The Balaban J connectivity index is 1.12. The molecule has 9 heteroatoms. The number of rotatable bonds is 9. The van der Waals surface area contributed by atoms with Gasteiger partial charge in [0.25, 0.3) is 0 Å². The van der Waals surface area contributed by atoms with Crippen LogP contribution in [0, 0.1) is 0 Å². The number of benzene rings is 5. The zero-order valence-electron chi connectivity index (χ0n) is 39.8. The first-order valence-corrected chi connectivity index (χ1v) is 22.9. The highest BCUT2D eigenvalue weighted by molar-refractivity contribution is 5.75. The van der Waals surface area contributed by atoms with E-state index >= 15 is 0 Å². The minimum atomic E-state index is -0.279. The second-order valence-corrected chi connectivity index (χ2v) is 19.0. The minimum absolute atomic E-state index is 0.183. The molecule has 0 amide bonds. The van der Waals surface area contributed by atoms with Gasteiger partial charge in [0, 0.05) is 106 Å². The Morgan fingerprint density at radius 2 is 0.776 bits per heavy atom. The van der Waals surface area contributed by atoms with Crippen molar-refractivity contribution in [2.45, 2.75) is 57.8 Å². The van der Waals surface area contributed by atoms with Crippen molar-refractivity contribution in [2.75, 3.05) is 35.8 Å². The van der Waals surface area contributed by atoms with Gasteiger partial charge in [-0.15, -0.1) is 0 Å². The van der Waals surface area contributed by atoms with E-state index in [2.05, 4.69) is 181 Å². The van der Waals surface area contributed by atoms with Gasteiger partial charge < -0.3 is 23.5 Å². The van der Waals surface area contributed by atoms with Crippen molar-refractivity contribution in [3.63, 3.8) is 0 Å². The van der Waals surface area contributed by atoms with Gasteiger partial charge >= 0.3 is 23.6 Å². The van der Waals surface area contributed by atoms with Gasteiger partial charge in [0.1, 0.15) is 5.57 Å². The lowest BCUT2D eigenvalue weighted by Gasteiger charge is -2.23. The van der Waals surface area contributed by atoms with E-state index in [0.29, 0.717) is 29.1 Å². The highest BCUT2D eigenvalue weighted by atomic mass is 16.4. The highest BCUT2D eigenvalue weighted by Crippen LogP contribution is 2.49. The standard InChI is InChI=1S/C58H57N7O2/c1-56(2)43-28-16-19-31-46(43)61(7)49(56)34-22-36-52-64(40-24-12-10-13-25-40)59-54(66-52)42(38-39-51-58(5,6)45-30-18-21-33-48(45)63(51)9)55-60-65(41-26-14-11-15-27-41)53(67-55)37-23-35-50-57(3,4)44-29-17-20-32-47(44)62(50)8/h10-39H,1-9H3/q+2. The fourth-order valence-electron chi connectivity index (χ4n) is 10.3. The quantitative estimate of drug-likeness (QED) is 0.134. The van der Waals surface area contributed by atoms with Crippen molar-refractivity contribution >= 4 is 34.8 Å². The molecule has 0 aliphatic carbocycles. The molecular weight excluding hydrogens is 827 g/mol. The first-order valence-electron chi connectivity index (χ1n) is 22.9. The second-order valence-electron chi connectivity index (χ2n) is 19.0. The topological polar surface area (TPSA) is 69.5 Å². The van der Waals surface area contributed by atoms with E-state index in [1.807, 2.05) is 88.3 Å². The second kappa shape index (κ2) is 16.6. The van der Waals surface area contributed by atoms with Gasteiger partial charge in [0.2, 0.25) is 11.4 Å². The Hall–Kier alpha value is -7.78. The van der Waals surface area contributed by atoms with Crippen LogP contribution in [0.25, 0.3) is 29.1 Å². The third-order valence-corrected chi connectivity index (χ3v) is 13.9. The molecule has 9 nitrogen and oxygen atoms in total. The van der Waals surface area contributed by atoms with Crippen molar-refractivity contribution in [3.8, 4) is 11.4 Å². The van der Waals surface area contributed by atoms with E-state index in [1.54, 1.807) is 0 Å². The lowest BCUT2D eigenvalue weighted by Crippen LogP contribution is -2.35. The van der Waals surface area contributed by atoms with E-state index in [4.69, 9.17) is 19.0 Å². The Morgan fingerprint density at radius 1 is 0.448 bits per heavy atom. The van der Waals surface area contributed by atoms with Crippen LogP contribution in [-0.4, -0.2) is 31.3 Å². The number of para-hydroxylation sites is 5. The van der Waals surface area contributed by atoms with E-state index in [1.165, 1.54) is 45.1 Å². The molecule has 0 unspecified atom stereocenters. The summed E-state index contributed by atoms with van der Waals surface area (Å²) in [4.78, 5) is 6.79. The smallest absolute Gasteiger partial charge is 0.377 e. The van der Waals surface area contributed by atoms with Crippen molar-refractivity contribution in [1.29, 1.82) is 0 Å². The lowest BCUT2D eigenvalue weighted by molar-refractivity contribution is -0.662. The first kappa shape index (κ1) is 43.1. The third-order valence-electron chi connectivity index (χ3n) is 13.9. The Morgan fingerprint density at radius 3 is 1.13 bits per heavy atom. The van der Waals surface area contributed by atoms with Crippen molar-refractivity contribution in [2.24, 2.45) is 0 Å². The molecule has 0 fully saturated rings. The molecule has 2 aromatic heterocycles. The van der Waals surface area contributed by atoms with Crippen LogP contribution in [0.15, 0.2) is 196 Å². The van der Waals surface area contributed by atoms with E-state index < -0.39 is 0 Å². The number of hydrogen-bond donors (Lipinski definition) is 0. The number of hydrogen-bond acceptors (Lipinski definition) is 7. The molecule has 0 saturated heterocycles. The average Bonchev–Trinajstić information content (AvgIpc) is 4.09. The summed E-state index contributed by atoms with van der Waals surface area (Å²) in [5.41, 5.74) is 12.6. The van der Waals surface area contributed by atoms with Crippen LogP contribution in [0.1, 0.15) is 81.8 Å². The molecule has 0 spiro atoms. The Bertz CT molecular complexity index is 3040. The summed E-state index contributed by atoms with van der Waals surface area (Å²) in [5, 5.41) is 10.4. The molecule has 0 radical (unpaired) electrons. The number of likely N-dealkylation sites (N-methyl/N-ethyl adjacent to an activating group) is 3. The zero-order chi connectivity index (χ0) is 46.7. The summed E-state index contributed by atoms with van der Waals surface area (Å²) >= 11 is 0. The molecule has 0 saturated carbocycles. The minimum Gasteiger partial charge on any atom is -0.377 e. The maximum Gasteiger partial charge on any atom is 0.406 e. The number of allylic oxidation sites excluding steroid dienone is 9. The largest absolute Gasteiger partial charge is 0.406 e. The number of aromatic nitrogens is 4. The van der Waals surface area contributed by atoms with Crippen LogP contribution in [0.2, 0.25) is 0 Å². The van der Waals surface area contributed by atoms with E-state index in [9.17, 15) is 0 Å². The van der Waals surface area contributed by atoms with E-state index in [0.717, 1.165) is 17.1 Å². The van der Waals surface area contributed by atoms with Gasteiger partial charge in [-0.1, -0.05) is 145 Å². The van der Waals surface area contributed by atoms with Crippen LogP contribution in [0.4, 0.5) is 17.1 Å². The Kier molecular flexibility index (Phi) is 10.7. The zero-order valence-corrected chi connectivity index (χ0v) is 39.8. The fourth-order valence-corrected chi connectivity index (χ4v) is 10.3. The molecular formula is C58H57N7O2+2. The third kappa shape index (κ3) is 7.35. The predicted octanol–water partition coefficient (Wildman–Crippen LogP) is 11.6. The highest BCUT2D eigenvalue weighted by Gasteiger charge is 2.41. The number of nitrogens with zero attached hydrogens (tertiary/aromatic N) is 7. The van der Waals surface area contributed by atoms with Gasteiger partial charge in [0.15, 0.2) is 0 Å². The fraction of sp³-hybridized carbons (Fsp3) is 0.207.